The molecular weight excluding hydrogens is 184 g/mol. The first-order valence-corrected chi connectivity index (χ1v) is 4.73. The maximum atomic E-state index is 9.76. The van der Waals surface area contributed by atoms with E-state index in [2.05, 4.69) is 0 Å². The topological polar surface area (TPSA) is 113 Å². The third kappa shape index (κ3) is 2.90. The Bertz CT molecular complexity index is 175. The van der Waals surface area contributed by atoms with Gasteiger partial charge in [-0.25, -0.2) is 0 Å². The Morgan fingerprint density at radius 3 is 1.79 bits per heavy atom. The number of aliphatic hydroxyl groups excluding tert-OH is 3. The molecule has 3 unspecified atom stereocenters. The molecule has 0 spiro atoms. The lowest BCUT2D eigenvalue weighted by atomic mass is 9.81. The quantitative estimate of drug-likeness (QED) is 0.377. The Morgan fingerprint density at radius 2 is 1.57 bits per heavy atom. The molecule has 86 valence electrons. The van der Waals surface area contributed by atoms with E-state index in [1.54, 1.807) is 20.8 Å². The first kappa shape index (κ1) is 13.8. The molecule has 0 radical (unpaired) electrons. The van der Waals surface area contributed by atoms with Gasteiger partial charge in [0, 0.05) is 5.54 Å². The molecule has 0 rings (SSSR count). The van der Waals surface area contributed by atoms with Gasteiger partial charge in [-0.3, -0.25) is 0 Å². The van der Waals surface area contributed by atoms with Crippen molar-refractivity contribution in [2.45, 2.75) is 50.5 Å². The molecule has 0 aromatic carbocycles. The summed E-state index contributed by atoms with van der Waals surface area (Å²) in [5.41, 5.74) is 9.21. The van der Waals surface area contributed by atoms with Gasteiger partial charge in [0.05, 0.1) is 18.2 Å². The van der Waals surface area contributed by atoms with Crippen molar-refractivity contribution >= 4 is 0 Å². The van der Waals surface area contributed by atoms with Gasteiger partial charge in [0.1, 0.15) is 6.10 Å². The second kappa shape index (κ2) is 4.55. The van der Waals surface area contributed by atoms with Crippen LogP contribution in [0.15, 0.2) is 0 Å². The van der Waals surface area contributed by atoms with Crippen LogP contribution in [-0.2, 0) is 0 Å². The largest absolute Gasteiger partial charge is 0.394 e. The zero-order valence-corrected chi connectivity index (χ0v) is 9.07. The van der Waals surface area contributed by atoms with Crippen LogP contribution in [0.25, 0.3) is 0 Å². The molecule has 0 bridgehead atoms. The Balaban J connectivity index is 4.67. The number of aliphatic hydroxyl groups is 3. The molecule has 0 fully saturated rings. The van der Waals surface area contributed by atoms with Crippen LogP contribution in [0.4, 0.5) is 0 Å². The Morgan fingerprint density at radius 1 is 1.14 bits per heavy atom. The maximum Gasteiger partial charge on any atom is 0.102 e. The average Bonchev–Trinajstić information content (AvgIpc) is 2.12. The molecule has 3 atom stereocenters. The molecule has 5 nitrogen and oxygen atoms in total. The predicted octanol–water partition coefficient (Wildman–Crippen LogP) is -1.45. The molecule has 0 aliphatic rings. The molecule has 0 aromatic rings. The van der Waals surface area contributed by atoms with Crippen molar-refractivity contribution in [2.75, 3.05) is 6.61 Å². The minimum absolute atomic E-state index is 0.359. The molecule has 0 amide bonds. The summed E-state index contributed by atoms with van der Waals surface area (Å²) in [4.78, 5) is 0. The van der Waals surface area contributed by atoms with Gasteiger partial charge in [0.15, 0.2) is 0 Å². The van der Waals surface area contributed by atoms with Gasteiger partial charge in [0.2, 0.25) is 0 Å². The van der Waals surface area contributed by atoms with Crippen molar-refractivity contribution in [1.29, 1.82) is 0 Å². The average molecular weight is 206 g/mol. The van der Waals surface area contributed by atoms with E-state index in [9.17, 15) is 10.2 Å². The van der Waals surface area contributed by atoms with Gasteiger partial charge in [-0.1, -0.05) is 6.92 Å². The molecule has 7 N–H and O–H groups in total. The molecule has 5 heteroatoms. The zero-order valence-electron chi connectivity index (χ0n) is 9.07. The lowest BCUT2D eigenvalue weighted by molar-refractivity contribution is -0.0721. The van der Waals surface area contributed by atoms with Crippen LogP contribution in [0, 0.1) is 0 Å². The van der Waals surface area contributed by atoms with Gasteiger partial charge in [0.25, 0.3) is 0 Å². The van der Waals surface area contributed by atoms with E-state index in [1.165, 1.54) is 0 Å². The summed E-state index contributed by atoms with van der Waals surface area (Å²) in [6.07, 6.45) is -2.05. The van der Waals surface area contributed by atoms with Gasteiger partial charge in [-0.05, 0) is 20.3 Å². The summed E-state index contributed by atoms with van der Waals surface area (Å²) in [6, 6.07) is 0. The van der Waals surface area contributed by atoms with Crippen molar-refractivity contribution in [2.24, 2.45) is 11.5 Å². The second-order valence-corrected chi connectivity index (χ2v) is 4.46. The Labute approximate surface area is 84.7 Å². The van der Waals surface area contributed by atoms with Crippen LogP contribution in [0.5, 0.6) is 0 Å². The third-order valence-electron chi connectivity index (χ3n) is 2.60. The Hall–Kier alpha value is -0.200. The highest BCUT2D eigenvalue weighted by atomic mass is 16.3. The molecule has 0 saturated heterocycles. The summed E-state index contributed by atoms with van der Waals surface area (Å²) >= 11 is 0. The van der Waals surface area contributed by atoms with Crippen molar-refractivity contribution in [3.05, 3.63) is 0 Å². The molecule has 0 saturated carbocycles. The number of hydrogen-bond acceptors (Lipinski definition) is 5. The van der Waals surface area contributed by atoms with Gasteiger partial charge in [-0.15, -0.1) is 0 Å². The standard InChI is InChI=1S/C9H22N2O3/c1-4-9(11,5-12)7(14)6(13)8(2,3)10/h6-7,12-14H,4-5,10-11H2,1-3H3. The number of nitrogens with two attached hydrogens (primary N) is 2. The fourth-order valence-electron chi connectivity index (χ4n) is 1.14. The molecule has 0 heterocycles. The van der Waals surface area contributed by atoms with Gasteiger partial charge in [-0.2, -0.15) is 0 Å². The maximum absolute atomic E-state index is 9.76. The summed E-state index contributed by atoms with van der Waals surface area (Å²) < 4.78 is 0. The van der Waals surface area contributed by atoms with E-state index in [-0.39, 0.29) is 0 Å². The van der Waals surface area contributed by atoms with Crippen LogP contribution in [0.2, 0.25) is 0 Å². The van der Waals surface area contributed by atoms with Crippen molar-refractivity contribution in [3.63, 3.8) is 0 Å². The predicted molar refractivity (Wildman–Crippen MR) is 54.6 cm³/mol. The van der Waals surface area contributed by atoms with E-state index in [0.29, 0.717) is 6.42 Å². The van der Waals surface area contributed by atoms with E-state index >= 15 is 0 Å². The lowest BCUT2D eigenvalue weighted by Gasteiger charge is -2.39. The van der Waals surface area contributed by atoms with E-state index < -0.39 is 29.9 Å². The fourth-order valence-corrected chi connectivity index (χ4v) is 1.14. The summed E-state index contributed by atoms with van der Waals surface area (Å²) in [5.74, 6) is 0. The minimum Gasteiger partial charge on any atom is -0.394 e. The summed E-state index contributed by atoms with van der Waals surface area (Å²) in [6.45, 7) is 4.52. The first-order valence-electron chi connectivity index (χ1n) is 4.73. The molecule has 0 aromatic heterocycles. The number of hydrogen-bond donors (Lipinski definition) is 5. The van der Waals surface area contributed by atoms with E-state index in [1.807, 2.05) is 0 Å². The highest BCUT2D eigenvalue weighted by Gasteiger charge is 2.41. The van der Waals surface area contributed by atoms with E-state index in [4.69, 9.17) is 16.6 Å². The van der Waals surface area contributed by atoms with Crippen LogP contribution in [-0.4, -0.2) is 45.2 Å². The van der Waals surface area contributed by atoms with Crippen molar-refractivity contribution < 1.29 is 15.3 Å². The van der Waals surface area contributed by atoms with Crippen molar-refractivity contribution in [1.82, 2.24) is 0 Å². The lowest BCUT2D eigenvalue weighted by Crippen LogP contribution is -2.64. The SMILES string of the molecule is CCC(N)(CO)C(O)C(O)C(C)(C)N. The van der Waals surface area contributed by atoms with E-state index in [0.717, 1.165) is 0 Å². The van der Waals surface area contributed by atoms with Gasteiger partial charge < -0.3 is 26.8 Å². The smallest absolute Gasteiger partial charge is 0.102 e. The molecule has 14 heavy (non-hydrogen) atoms. The van der Waals surface area contributed by atoms with Crippen LogP contribution >= 0.6 is 0 Å². The normalized spacial score (nSPS) is 21.4. The number of rotatable bonds is 5. The summed E-state index contributed by atoms with van der Waals surface area (Å²) in [7, 11) is 0. The van der Waals surface area contributed by atoms with Crippen LogP contribution in [0.1, 0.15) is 27.2 Å². The molecule has 0 aliphatic carbocycles. The third-order valence-corrected chi connectivity index (χ3v) is 2.60. The molecular formula is C9H22N2O3. The Kier molecular flexibility index (Phi) is 4.48. The van der Waals surface area contributed by atoms with Crippen molar-refractivity contribution in [3.8, 4) is 0 Å². The monoisotopic (exact) mass is 206 g/mol. The highest BCUT2D eigenvalue weighted by Crippen LogP contribution is 2.20. The minimum atomic E-state index is -1.24. The van der Waals surface area contributed by atoms with Gasteiger partial charge >= 0.3 is 0 Å². The summed E-state index contributed by atoms with van der Waals surface area (Å²) in [5, 5.41) is 28.5. The molecule has 0 aliphatic heterocycles. The van der Waals surface area contributed by atoms with Crippen LogP contribution < -0.4 is 11.5 Å². The fraction of sp³-hybridized carbons (Fsp3) is 1.00. The first-order chi connectivity index (χ1) is 6.19. The second-order valence-electron chi connectivity index (χ2n) is 4.46. The zero-order chi connectivity index (χ0) is 11.6. The highest BCUT2D eigenvalue weighted by molar-refractivity contribution is 4.99. The van der Waals surface area contributed by atoms with Crippen LogP contribution in [0.3, 0.4) is 0 Å².